The van der Waals surface area contributed by atoms with Crippen LogP contribution < -0.4 is 0 Å². The lowest BCUT2D eigenvalue weighted by atomic mass is 10.0. The smallest absolute Gasteiger partial charge is 0.241 e. The van der Waals surface area contributed by atoms with Crippen molar-refractivity contribution in [2.45, 2.75) is 38.4 Å². The van der Waals surface area contributed by atoms with Gasteiger partial charge in [0.1, 0.15) is 18.9 Å². The molecule has 0 aromatic carbocycles. The summed E-state index contributed by atoms with van der Waals surface area (Å²) in [5, 5.41) is 8.23. The summed E-state index contributed by atoms with van der Waals surface area (Å²) >= 11 is 0. The summed E-state index contributed by atoms with van der Waals surface area (Å²) in [5.41, 5.74) is 0.831. The molecule has 0 spiro atoms. The lowest BCUT2D eigenvalue weighted by Gasteiger charge is -2.34. The number of piperidine rings is 1. The highest BCUT2D eigenvalue weighted by molar-refractivity contribution is 5.51. The van der Waals surface area contributed by atoms with Gasteiger partial charge in [0, 0.05) is 6.04 Å². The maximum Gasteiger partial charge on any atom is 0.241 e. The minimum absolute atomic E-state index is 0.412. The summed E-state index contributed by atoms with van der Waals surface area (Å²) in [6.07, 6.45) is 10.1. The first-order valence-corrected chi connectivity index (χ1v) is 7.80. The van der Waals surface area contributed by atoms with Crippen LogP contribution in [0.1, 0.15) is 25.2 Å². The Morgan fingerprint density at radius 3 is 3.13 bits per heavy atom. The lowest BCUT2D eigenvalue weighted by molar-refractivity contribution is 0.108. The van der Waals surface area contributed by atoms with Crippen molar-refractivity contribution >= 4 is 0 Å². The molecule has 3 aromatic rings. The Balaban J connectivity index is 1.45. The molecule has 1 fully saturated rings. The Bertz CT molecular complexity index is 721. The van der Waals surface area contributed by atoms with E-state index in [1.165, 1.54) is 12.8 Å². The van der Waals surface area contributed by atoms with Gasteiger partial charge in [-0.1, -0.05) is 11.6 Å². The highest BCUT2D eigenvalue weighted by Gasteiger charge is 2.25. The maximum absolute atomic E-state index is 5.40. The third-order valence-electron chi connectivity index (χ3n) is 4.20. The van der Waals surface area contributed by atoms with Gasteiger partial charge in [0.25, 0.3) is 0 Å². The van der Waals surface area contributed by atoms with E-state index in [4.69, 9.17) is 8.94 Å². The van der Waals surface area contributed by atoms with Crippen molar-refractivity contribution in [2.75, 3.05) is 6.54 Å². The molecular formula is C15H18N6O2. The minimum Gasteiger partial charge on any atom is -0.472 e. The predicted molar refractivity (Wildman–Crippen MR) is 80.1 cm³/mol. The molecule has 3 aromatic heterocycles. The molecule has 1 saturated heterocycles. The van der Waals surface area contributed by atoms with E-state index >= 15 is 0 Å². The molecule has 8 heteroatoms. The van der Waals surface area contributed by atoms with Gasteiger partial charge in [-0.2, -0.15) is 10.1 Å². The number of nitrogens with zero attached hydrogens (tertiary/aromatic N) is 6. The fraction of sp³-hybridized carbons (Fsp3) is 0.467. The van der Waals surface area contributed by atoms with Gasteiger partial charge in [-0.15, -0.1) is 0 Å². The van der Waals surface area contributed by atoms with Crippen molar-refractivity contribution in [2.24, 2.45) is 0 Å². The third-order valence-corrected chi connectivity index (χ3v) is 4.20. The second-order valence-corrected chi connectivity index (χ2v) is 5.76. The zero-order chi connectivity index (χ0) is 15.5. The van der Waals surface area contributed by atoms with E-state index in [1.54, 1.807) is 25.2 Å². The fourth-order valence-electron chi connectivity index (χ4n) is 3.02. The Labute approximate surface area is 133 Å². The zero-order valence-corrected chi connectivity index (χ0v) is 12.7. The van der Waals surface area contributed by atoms with Gasteiger partial charge >= 0.3 is 0 Å². The largest absolute Gasteiger partial charge is 0.472 e. The van der Waals surface area contributed by atoms with E-state index in [-0.39, 0.29) is 0 Å². The molecule has 0 saturated carbocycles. The van der Waals surface area contributed by atoms with Crippen LogP contribution in [0.25, 0.3) is 11.4 Å². The van der Waals surface area contributed by atoms with Crippen LogP contribution in [-0.2, 0) is 13.1 Å². The Hall–Kier alpha value is -2.48. The predicted octanol–water partition coefficient (Wildman–Crippen LogP) is 1.98. The van der Waals surface area contributed by atoms with Crippen molar-refractivity contribution in [3.63, 3.8) is 0 Å². The van der Waals surface area contributed by atoms with Gasteiger partial charge in [0.2, 0.25) is 11.7 Å². The number of likely N-dealkylation sites (tertiary alicyclic amines) is 1. The van der Waals surface area contributed by atoms with Crippen molar-refractivity contribution in [3.8, 4) is 11.4 Å². The zero-order valence-electron chi connectivity index (χ0n) is 12.7. The van der Waals surface area contributed by atoms with E-state index in [0.717, 1.165) is 25.1 Å². The Kier molecular flexibility index (Phi) is 3.89. The first kappa shape index (κ1) is 14.1. The third kappa shape index (κ3) is 3.16. The van der Waals surface area contributed by atoms with Gasteiger partial charge < -0.3 is 8.94 Å². The summed E-state index contributed by atoms with van der Waals surface area (Å²) in [5.74, 6) is 1.20. The van der Waals surface area contributed by atoms with Gasteiger partial charge in [-0.3, -0.25) is 9.58 Å². The number of hydrogen-bond donors (Lipinski definition) is 0. The highest BCUT2D eigenvalue weighted by Crippen LogP contribution is 2.22. The van der Waals surface area contributed by atoms with Crippen LogP contribution in [-0.4, -0.2) is 42.4 Å². The van der Waals surface area contributed by atoms with Crippen molar-refractivity contribution in [1.29, 1.82) is 0 Å². The summed E-state index contributed by atoms with van der Waals surface area (Å²) in [6.45, 7) is 2.52. The molecular weight excluding hydrogens is 296 g/mol. The normalized spacial score (nSPS) is 19.2. The number of aromatic nitrogens is 5. The average molecular weight is 314 g/mol. The first-order chi connectivity index (χ1) is 11.4. The average Bonchev–Trinajstić information content (AvgIpc) is 3.31. The van der Waals surface area contributed by atoms with E-state index < -0.39 is 0 Å². The molecule has 0 N–H and O–H groups in total. The summed E-state index contributed by atoms with van der Waals surface area (Å²) in [6, 6.07) is 2.23. The molecule has 0 bridgehead atoms. The van der Waals surface area contributed by atoms with Crippen LogP contribution in [0.4, 0.5) is 0 Å². The number of furan rings is 1. The molecule has 4 rings (SSSR count). The summed E-state index contributed by atoms with van der Waals surface area (Å²) in [4.78, 5) is 10.9. The van der Waals surface area contributed by atoms with Gasteiger partial charge in [-0.05, 0) is 25.5 Å². The van der Waals surface area contributed by atoms with Crippen LogP contribution in [0.3, 0.4) is 0 Å². The molecule has 8 nitrogen and oxygen atoms in total. The van der Waals surface area contributed by atoms with E-state index in [1.807, 2.05) is 10.7 Å². The molecule has 0 amide bonds. The van der Waals surface area contributed by atoms with Gasteiger partial charge in [-0.25, -0.2) is 4.98 Å². The molecule has 1 aliphatic heterocycles. The van der Waals surface area contributed by atoms with Crippen molar-refractivity contribution < 1.29 is 8.94 Å². The van der Waals surface area contributed by atoms with Gasteiger partial charge in [0.05, 0.1) is 24.9 Å². The highest BCUT2D eigenvalue weighted by atomic mass is 16.5. The second-order valence-electron chi connectivity index (χ2n) is 5.76. The van der Waals surface area contributed by atoms with Crippen LogP contribution in [0.5, 0.6) is 0 Å². The van der Waals surface area contributed by atoms with E-state index in [9.17, 15) is 0 Å². The van der Waals surface area contributed by atoms with Crippen LogP contribution in [0.2, 0.25) is 0 Å². The van der Waals surface area contributed by atoms with E-state index in [2.05, 4.69) is 25.1 Å². The molecule has 0 unspecified atom stereocenters. The molecule has 0 aliphatic carbocycles. The molecule has 1 aliphatic rings. The van der Waals surface area contributed by atoms with Crippen LogP contribution in [0.15, 0.2) is 40.2 Å². The fourth-order valence-corrected chi connectivity index (χ4v) is 3.02. The Morgan fingerprint density at radius 2 is 2.30 bits per heavy atom. The van der Waals surface area contributed by atoms with Crippen LogP contribution >= 0.6 is 0 Å². The monoisotopic (exact) mass is 314 g/mol. The topological polar surface area (TPSA) is 86.0 Å². The maximum atomic E-state index is 5.40. The standard InChI is InChI=1S/C15H18N6O2/c1-2-5-20(13(3-1)7-21-11-16-10-17-21)8-14-18-15(19-23-14)12-4-6-22-9-12/h4,6,9-11,13H,1-3,5,7-8H2/t13-/m0/s1. The summed E-state index contributed by atoms with van der Waals surface area (Å²) in [7, 11) is 0. The lowest BCUT2D eigenvalue weighted by Crippen LogP contribution is -2.41. The SMILES string of the molecule is c1ncn(C[C@@H]2CCCCN2Cc2nc(-c3ccoc3)no2)n1. The molecule has 4 heterocycles. The van der Waals surface area contributed by atoms with Gasteiger partial charge in [0.15, 0.2) is 0 Å². The number of hydrogen-bond acceptors (Lipinski definition) is 7. The molecule has 1 atom stereocenters. The Morgan fingerprint density at radius 1 is 1.30 bits per heavy atom. The molecule has 23 heavy (non-hydrogen) atoms. The van der Waals surface area contributed by atoms with Crippen LogP contribution in [0, 0.1) is 0 Å². The first-order valence-electron chi connectivity index (χ1n) is 7.80. The second kappa shape index (κ2) is 6.33. The summed E-state index contributed by atoms with van der Waals surface area (Å²) < 4.78 is 12.3. The quantitative estimate of drug-likeness (QED) is 0.711. The number of rotatable bonds is 5. The minimum atomic E-state index is 0.412. The van der Waals surface area contributed by atoms with E-state index in [0.29, 0.717) is 24.3 Å². The molecule has 0 radical (unpaired) electrons. The van der Waals surface area contributed by atoms with Crippen molar-refractivity contribution in [3.05, 3.63) is 37.1 Å². The molecule has 120 valence electrons. The van der Waals surface area contributed by atoms with Crippen molar-refractivity contribution in [1.82, 2.24) is 29.8 Å².